The molecule has 3 nitrogen and oxygen atoms in total. The van der Waals surface area contributed by atoms with Gasteiger partial charge in [-0.3, -0.25) is 0 Å². The molecule has 1 aliphatic carbocycles. The van der Waals surface area contributed by atoms with Crippen LogP contribution in [0.1, 0.15) is 51.3 Å². The predicted octanol–water partition coefficient (Wildman–Crippen LogP) is 3.24. The maximum Gasteiger partial charge on any atom is 0.124 e. The molecule has 0 radical (unpaired) electrons. The molecule has 2 atom stereocenters. The van der Waals surface area contributed by atoms with Gasteiger partial charge in [0.25, 0.3) is 0 Å². The average molecular weight is 233 g/mol. The van der Waals surface area contributed by atoms with Gasteiger partial charge in [-0.15, -0.1) is 0 Å². The normalized spacial score (nSPS) is 27.5. The van der Waals surface area contributed by atoms with E-state index in [9.17, 15) is 0 Å². The molecule has 2 heterocycles. The van der Waals surface area contributed by atoms with Crippen LogP contribution in [-0.4, -0.2) is 16.3 Å². The Kier molecular flexibility index (Phi) is 2.85. The third-order valence-corrected chi connectivity index (χ3v) is 4.13. The fraction of sp³-hybridized carbons (Fsp3) is 0.786. The highest BCUT2D eigenvalue weighted by molar-refractivity contribution is 5.40. The van der Waals surface area contributed by atoms with Crippen LogP contribution in [0.2, 0.25) is 0 Å². The molecular formula is C14H23N3. The minimum atomic E-state index is 0.668. The lowest BCUT2D eigenvalue weighted by Gasteiger charge is -2.36. The molecule has 17 heavy (non-hydrogen) atoms. The van der Waals surface area contributed by atoms with E-state index in [1.807, 2.05) is 0 Å². The van der Waals surface area contributed by atoms with Gasteiger partial charge >= 0.3 is 0 Å². The van der Waals surface area contributed by atoms with E-state index in [0.29, 0.717) is 12.0 Å². The second-order valence-electron chi connectivity index (χ2n) is 6.06. The van der Waals surface area contributed by atoms with E-state index < -0.39 is 0 Å². The van der Waals surface area contributed by atoms with E-state index >= 15 is 0 Å². The molecule has 2 aliphatic rings. The highest BCUT2D eigenvalue weighted by Crippen LogP contribution is 2.38. The average Bonchev–Trinajstić information content (AvgIpc) is 2.70. The quantitative estimate of drug-likeness (QED) is 0.850. The molecule has 3 rings (SSSR count). The van der Waals surface area contributed by atoms with Crippen molar-refractivity contribution >= 4 is 5.82 Å². The van der Waals surface area contributed by atoms with Gasteiger partial charge in [0.15, 0.2) is 0 Å². The first kappa shape index (κ1) is 11.1. The lowest BCUT2D eigenvalue weighted by molar-refractivity contribution is 0.221. The number of aromatic nitrogens is 2. The summed E-state index contributed by atoms with van der Waals surface area (Å²) in [6, 6.07) is 2.92. The van der Waals surface area contributed by atoms with Gasteiger partial charge in [-0.1, -0.05) is 26.7 Å². The lowest BCUT2D eigenvalue weighted by atomic mass is 9.83. The molecular weight excluding hydrogens is 210 g/mol. The zero-order chi connectivity index (χ0) is 11.8. The van der Waals surface area contributed by atoms with E-state index in [1.165, 1.54) is 37.2 Å². The number of fused-ring (bicyclic) bond motifs is 3. The van der Waals surface area contributed by atoms with Crippen molar-refractivity contribution in [3.05, 3.63) is 11.8 Å². The van der Waals surface area contributed by atoms with Crippen molar-refractivity contribution in [1.82, 2.24) is 9.78 Å². The maximum atomic E-state index is 4.83. The number of hydrogen-bond acceptors (Lipinski definition) is 2. The first-order valence-corrected chi connectivity index (χ1v) is 7.06. The Labute approximate surface area is 104 Å². The number of hydrogen-bond donors (Lipinski definition) is 1. The number of anilines is 1. The van der Waals surface area contributed by atoms with Crippen molar-refractivity contribution in [1.29, 1.82) is 0 Å². The van der Waals surface area contributed by atoms with Crippen LogP contribution in [-0.2, 0) is 6.42 Å². The summed E-state index contributed by atoms with van der Waals surface area (Å²) in [5.41, 5.74) is 1.26. The van der Waals surface area contributed by atoms with Gasteiger partial charge < -0.3 is 5.32 Å². The lowest BCUT2D eigenvalue weighted by Crippen LogP contribution is -2.35. The second kappa shape index (κ2) is 4.35. The number of nitrogens with zero attached hydrogens (tertiary/aromatic N) is 2. The maximum absolute atomic E-state index is 4.83. The Morgan fingerprint density at radius 2 is 2.24 bits per heavy atom. The van der Waals surface area contributed by atoms with E-state index in [1.54, 1.807) is 0 Å². The van der Waals surface area contributed by atoms with Crippen molar-refractivity contribution in [3.8, 4) is 0 Å². The summed E-state index contributed by atoms with van der Waals surface area (Å²) in [4.78, 5) is 0. The van der Waals surface area contributed by atoms with Gasteiger partial charge in [-0.05, 0) is 31.1 Å². The highest BCUT2D eigenvalue weighted by Gasteiger charge is 2.32. The molecule has 1 aromatic heterocycles. The minimum Gasteiger partial charge on any atom is -0.370 e. The van der Waals surface area contributed by atoms with Crippen molar-refractivity contribution in [2.75, 3.05) is 11.9 Å². The Morgan fingerprint density at radius 3 is 3.06 bits per heavy atom. The van der Waals surface area contributed by atoms with Gasteiger partial charge in [0.1, 0.15) is 5.82 Å². The fourth-order valence-electron chi connectivity index (χ4n) is 3.33. The Balaban J connectivity index is 1.86. The van der Waals surface area contributed by atoms with Gasteiger partial charge in [-0.25, -0.2) is 4.68 Å². The topological polar surface area (TPSA) is 29.9 Å². The van der Waals surface area contributed by atoms with Gasteiger partial charge in [0.2, 0.25) is 0 Å². The summed E-state index contributed by atoms with van der Waals surface area (Å²) in [6.07, 6.45) is 6.57. The Hall–Kier alpha value is -0.990. The molecule has 1 aliphatic heterocycles. The summed E-state index contributed by atoms with van der Waals surface area (Å²) >= 11 is 0. The Bertz CT molecular complexity index is 394. The van der Waals surface area contributed by atoms with E-state index in [-0.39, 0.29) is 0 Å². The van der Waals surface area contributed by atoms with Crippen LogP contribution < -0.4 is 5.32 Å². The smallest absolute Gasteiger partial charge is 0.124 e. The van der Waals surface area contributed by atoms with Gasteiger partial charge in [-0.2, -0.15) is 5.10 Å². The molecule has 1 saturated carbocycles. The molecule has 94 valence electrons. The monoisotopic (exact) mass is 233 g/mol. The molecule has 2 unspecified atom stereocenters. The molecule has 1 fully saturated rings. The third-order valence-electron chi connectivity index (χ3n) is 4.13. The summed E-state index contributed by atoms with van der Waals surface area (Å²) < 4.78 is 2.28. The molecule has 0 amide bonds. The van der Waals surface area contributed by atoms with Crippen LogP contribution in [0.15, 0.2) is 6.07 Å². The summed E-state index contributed by atoms with van der Waals surface area (Å²) in [6.45, 7) is 5.67. The van der Waals surface area contributed by atoms with Gasteiger partial charge in [0.05, 0.1) is 11.7 Å². The molecule has 1 N–H and O–H groups in total. The van der Waals surface area contributed by atoms with Crippen molar-refractivity contribution in [2.45, 2.75) is 52.0 Å². The molecule has 0 bridgehead atoms. The minimum absolute atomic E-state index is 0.668. The van der Waals surface area contributed by atoms with Crippen LogP contribution in [0.25, 0.3) is 0 Å². The molecule has 0 spiro atoms. The molecule has 0 aromatic carbocycles. The molecule has 3 heteroatoms. The van der Waals surface area contributed by atoms with Crippen LogP contribution in [0.4, 0.5) is 5.82 Å². The predicted molar refractivity (Wildman–Crippen MR) is 70.3 cm³/mol. The molecule has 0 saturated heterocycles. The van der Waals surface area contributed by atoms with Gasteiger partial charge in [0, 0.05) is 12.6 Å². The van der Waals surface area contributed by atoms with Crippen molar-refractivity contribution < 1.29 is 0 Å². The van der Waals surface area contributed by atoms with E-state index in [0.717, 1.165) is 18.9 Å². The van der Waals surface area contributed by atoms with Crippen molar-refractivity contribution in [3.63, 3.8) is 0 Å². The zero-order valence-corrected chi connectivity index (χ0v) is 10.9. The van der Waals surface area contributed by atoms with Crippen LogP contribution in [0, 0.1) is 11.8 Å². The first-order chi connectivity index (χ1) is 8.24. The summed E-state index contributed by atoms with van der Waals surface area (Å²) in [7, 11) is 0. The molecule has 1 aromatic rings. The Morgan fingerprint density at radius 1 is 1.41 bits per heavy atom. The number of nitrogens with one attached hydrogen (secondary N) is 1. The summed E-state index contributed by atoms with van der Waals surface area (Å²) in [5, 5.41) is 8.39. The first-order valence-electron chi connectivity index (χ1n) is 7.06. The fourth-order valence-corrected chi connectivity index (χ4v) is 3.33. The largest absolute Gasteiger partial charge is 0.370 e. The van der Waals surface area contributed by atoms with E-state index in [4.69, 9.17) is 5.10 Å². The highest BCUT2D eigenvalue weighted by atomic mass is 15.4. The van der Waals surface area contributed by atoms with Crippen LogP contribution in [0.5, 0.6) is 0 Å². The summed E-state index contributed by atoms with van der Waals surface area (Å²) in [5.74, 6) is 2.75. The standard InChI is InChI=1S/C14H23N3/c1-10(2)7-12-8-14-15-9-11-5-3-4-6-13(11)17(14)16-12/h8,10-11,13,15H,3-7,9H2,1-2H3. The van der Waals surface area contributed by atoms with Crippen LogP contribution in [0.3, 0.4) is 0 Å². The zero-order valence-electron chi connectivity index (χ0n) is 10.9. The van der Waals surface area contributed by atoms with Crippen LogP contribution >= 0.6 is 0 Å². The van der Waals surface area contributed by atoms with E-state index in [2.05, 4.69) is 29.9 Å². The number of rotatable bonds is 2. The third kappa shape index (κ3) is 2.07. The van der Waals surface area contributed by atoms with Crippen molar-refractivity contribution in [2.24, 2.45) is 11.8 Å². The SMILES string of the molecule is CC(C)Cc1cc2n(n1)C1CCCCC1CN2. The second-order valence-corrected chi connectivity index (χ2v) is 6.06.